The lowest BCUT2D eigenvalue weighted by atomic mass is 9.94. The highest BCUT2D eigenvalue weighted by atomic mass is 19.1. The maximum absolute atomic E-state index is 13.8. The standard InChI is InChI=1S/C23H31FN2O2/c1-16(2)12-22(20-10-6-4-8-17(20)3)26-23(28)25-14-18(15-27)13-19-9-5-7-11-21(19)24/h4-11,16,18,22,27H,12-15H2,1-3H3,(H2,25,26,28). The van der Waals surface area contributed by atoms with Crippen molar-refractivity contribution in [2.45, 2.75) is 39.7 Å². The van der Waals surface area contributed by atoms with Gasteiger partial charge in [-0.25, -0.2) is 9.18 Å². The molecule has 2 aromatic rings. The van der Waals surface area contributed by atoms with Crippen LogP contribution in [-0.4, -0.2) is 24.3 Å². The van der Waals surface area contributed by atoms with Gasteiger partial charge in [0.2, 0.25) is 0 Å². The Kier molecular flexibility index (Phi) is 8.45. The first-order chi connectivity index (χ1) is 13.4. The SMILES string of the molecule is Cc1ccccc1C(CC(C)C)NC(=O)NCC(CO)Cc1ccccc1F. The Morgan fingerprint density at radius 2 is 1.79 bits per heavy atom. The topological polar surface area (TPSA) is 61.4 Å². The summed E-state index contributed by atoms with van der Waals surface area (Å²) < 4.78 is 13.8. The Bertz CT molecular complexity index is 764. The Morgan fingerprint density at radius 3 is 2.43 bits per heavy atom. The van der Waals surface area contributed by atoms with Crippen molar-refractivity contribution in [3.05, 3.63) is 71.0 Å². The van der Waals surface area contributed by atoms with Crippen LogP contribution in [0.4, 0.5) is 9.18 Å². The fraction of sp³-hybridized carbons (Fsp3) is 0.435. The van der Waals surface area contributed by atoms with E-state index < -0.39 is 0 Å². The molecule has 4 nitrogen and oxygen atoms in total. The molecular weight excluding hydrogens is 355 g/mol. The molecular formula is C23H31FN2O2. The van der Waals surface area contributed by atoms with E-state index in [9.17, 15) is 14.3 Å². The van der Waals surface area contributed by atoms with E-state index in [0.29, 0.717) is 17.9 Å². The molecule has 2 aromatic carbocycles. The van der Waals surface area contributed by atoms with Crippen LogP contribution in [0, 0.1) is 24.6 Å². The van der Waals surface area contributed by atoms with E-state index in [2.05, 4.69) is 24.5 Å². The number of carbonyl (C=O) groups is 1. The molecule has 0 saturated carbocycles. The number of hydrogen-bond donors (Lipinski definition) is 3. The predicted octanol–water partition coefficient (Wildman–Crippen LogP) is 4.37. The number of nitrogens with one attached hydrogen (secondary N) is 2. The summed E-state index contributed by atoms with van der Waals surface area (Å²) in [5.41, 5.74) is 2.79. The van der Waals surface area contributed by atoms with Crippen molar-refractivity contribution in [3.8, 4) is 0 Å². The van der Waals surface area contributed by atoms with Gasteiger partial charge in [-0.2, -0.15) is 0 Å². The number of aliphatic hydroxyl groups is 1. The molecule has 0 fully saturated rings. The molecule has 0 aliphatic rings. The maximum Gasteiger partial charge on any atom is 0.315 e. The van der Waals surface area contributed by atoms with Crippen LogP contribution in [0.25, 0.3) is 0 Å². The quantitative estimate of drug-likeness (QED) is 0.599. The van der Waals surface area contributed by atoms with Crippen molar-refractivity contribution in [2.75, 3.05) is 13.2 Å². The van der Waals surface area contributed by atoms with Gasteiger partial charge in [-0.1, -0.05) is 56.3 Å². The molecule has 0 bridgehead atoms. The van der Waals surface area contributed by atoms with Crippen LogP contribution in [0.5, 0.6) is 0 Å². The average Bonchev–Trinajstić information content (AvgIpc) is 2.66. The van der Waals surface area contributed by atoms with Gasteiger partial charge in [-0.05, 0) is 48.4 Å². The smallest absolute Gasteiger partial charge is 0.315 e. The highest BCUT2D eigenvalue weighted by Crippen LogP contribution is 2.24. The Morgan fingerprint density at radius 1 is 1.11 bits per heavy atom. The molecule has 0 heterocycles. The lowest BCUT2D eigenvalue weighted by molar-refractivity contribution is 0.211. The van der Waals surface area contributed by atoms with Gasteiger partial charge in [-0.15, -0.1) is 0 Å². The second kappa shape index (κ2) is 10.8. The van der Waals surface area contributed by atoms with Crippen molar-refractivity contribution < 1.29 is 14.3 Å². The molecule has 2 unspecified atom stereocenters. The zero-order valence-corrected chi connectivity index (χ0v) is 16.9. The minimum Gasteiger partial charge on any atom is -0.396 e. The van der Waals surface area contributed by atoms with Gasteiger partial charge in [0.05, 0.1) is 6.04 Å². The van der Waals surface area contributed by atoms with Gasteiger partial charge in [0.25, 0.3) is 0 Å². The van der Waals surface area contributed by atoms with E-state index in [1.165, 1.54) is 6.07 Å². The third-order valence-corrected chi connectivity index (χ3v) is 4.85. The van der Waals surface area contributed by atoms with Gasteiger partial charge >= 0.3 is 6.03 Å². The molecule has 0 aliphatic carbocycles. The van der Waals surface area contributed by atoms with E-state index in [4.69, 9.17) is 0 Å². The van der Waals surface area contributed by atoms with E-state index in [-0.39, 0.29) is 37.0 Å². The third-order valence-electron chi connectivity index (χ3n) is 4.85. The summed E-state index contributed by atoms with van der Waals surface area (Å²) in [5.74, 6) is -0.109. The van der Waals surface area contributed by atoms with Crippen LogP contribution in [0.15, 0.2) is 48.5 Å². The summed E-state index contributed by atoms with van der Waals surface area (Å²) in [4.78, 5) is 12.5. The number of urea groups is 1. The molecule has 0 saturated heterocycles. The molecule has 2 amide bonds. The van der Waals surface area contributed by atoms with Crippen LogP contribution in [-0.2, 0) is 6.42 Å². The van der Waals surface area contributed by atoms with Crippen LogP contribution in [0.3, 0.4) is 0 Å². The normalized spacial score (nSPS) is 13.2. The molecule has 0 spiro atoms. The number of rotatable bonds is 9. The second-order valence-electron chi connectivity index (χ2n) is 7.74. The summed E-state index contributed by atoms with van der Waals surface area (Å²) in [5, 5.41) is 15.5. The molecule has 0 aliphatic heterocycles. The fourth-order valence-corrected chi connectivity index (χ4v) is 3.34. The van der Waals surface area contributed by atoms with Crippen LogP contribution >= 0.6 is 0 Å². The van der Waals surface area contributed by atoms with Gasteiger partial charge in [0.1, 0.15) is 5.82 Å². The van der Waals surface area contributed by atoms with Crippen molar-refractivity contribution >= 4 is 6.03 Å². The average molecular weight is 387 g/mol. The number of hydrogen-bond acceptors (Lipinski definition) is 2. The van der Waals surface area contributed by atoms with Gasteiger partial charge in [0.15, 0.2) is 0 Å². The Hall–Kier alpha value is -2.40. The minimum atomic E-state index is -0.290. The van der Waals surface area contributed by atoms with E-state index >= 15 is 0 Å². The molecule has 0 aromatic heterocycles. The zero-order chi connectivity index (χ0) is 20.5. The van der Waals surface area contributed by atoms with E-state index in [0.717, 1.165) is 17.5 Å². The van der Waals surface area contributed by atoms with Gasteiger partial charge < -0.3 is 15.7 Å². The number of amides is 2. The summed E-state index contributed by atoms with van der Waals surface area (Å²) >= 11 is 0. The van der Waals surface area contributed by atoms with Crippen molar-refractivity contribution in [3.63, 3.8) is 0 Å². The monoisotopic (exact) mass is 386 g/mol. The third kappa shape index (κ3) is 6.64. The first kappa shape index (κ1) is 21.9. The maximum atomic E-state index is 13.8. The number of halogens is 1. The molecule has 152 valence electrons. The molecule has 2 atom stereocenters. The highest BCUT2D eigenvalue weighted by Gasteiger charge is 2.19. The number of carbonyl (C=O) groups excluding carboxylic acids is 1. The van der Waals surface area contributed by atoms with Crippen LogP contribution in [0.1, 0.15) is 43.0 Å². The summed E-state index contributed by atoms with van der Waals surface area (Å²) in [7, 11) is 0. The lowest BCUT2D eigenvalue weighted by Gasteiger charge is -2.24. The van der Waals surface area contributed by atoms with Crippen LogP contribution in [0.2, 0.25) is 0 Å². The van der Waals surface area contributed by atoms with Gasteiger partial charge in [0, 0.05) is 19.1 Å². The molecule has 3 N–H and O–H groups in total. The van der Waals surface area contributed by atoms with E-state index in [1.807, 2.05) is 31.2 Å². The number of aliphatic hydroxyl groups excluding tert-OH is 1. The van der Waals surface area contributed by atoms with Crippen molar-refractivity contribution in [2.24, 2.45) is 11.8 Å². The highest BCUT2D eigenvalue weighted by molar-refractivity contribution is 5.74. The molecule has 28 heavy (non-hydrogen) atoms. The Balaban J connectivity index is 1.96. The first-order valence-corrected chi connectivity index (χ1v) is 9.84. The molecule has 2 rings (SSSR count). The van der Waals surface area contributed by atoms with Crippen LogP contribution < -0.4 is 10.6 Å². The number of benzene rings is 2. The Labute approximate surface area is 167 Å². The van der Waals surface area contributed by atoms with Crippen molar-refractivity contribution in [1.82, 2.24) is 10.6 Å². The van der Waals surface area contributed by atoms with Crippen molar-refractivity contribution in [1.29, 1.82) is 0 Å². The minimum absolute atomic E-state index is 0.0830. The largest absolute Gasteiger partial charge is 0.396 e. The number of aryl methyl sites for hydroxylation is 1. The fourth-order valence-electron chi connectivity index (χ4n) is 3.34. The predicted molar refractivity (Wildman–Crippen MR) is 111 cm³/mol. The van der Waals surface area contributed by atoms with E-state index in [1.54, 1.807) is 18.2 Å². The summed E-state index contributed by atoms with van der Waals surface area (Å²) in [6.45, 7) is 6.45. The lowest BCUT2D eigenvalue weighted by Crippen LogP contribution is -2.41. The zero-order valence-electron chi connectivity index (χ0n) is 16.9. The van der Waals surface area contributed by atoms with Gasteiger partial charge in [-0.3, -0.25) is 0 Å². The molecule has 5 heteroatoms. The first-order valence-electron chi connectivity index (χ1n) is 9.84. The summed E-state index contributed by atoms with van der Waals surface area (Å²) in [6.07, 6.45) is 1.20. The molecule has 0 radical (unpaired) electrons. The second-order valence-corrected chi connectivity index (χ2v) is 7.74. The summed E-state index contributed by atoms with van der Waals surface area (Å²) in [6, 6.07) is 14.2.